The molecule has 0 saturated carbocycles. The molecule has 0 bridgehead atoms. The molecule has 2 N–H and O–H groups in total. The van der Waals surface area contributed by atoms with Gasteiger partial charge in [0.15, 0.2) is 0 Å². The fourth-order valence-corrected chi connectivity index (χ4v) is 1.97. The van der Waals surface area contributed by atoms with Gasteiger partial charge >= 0.3 is 0 Å². The zero-order valence-corrected chi connectivity index (χ0v) is 11.8. The molecule has 0 aliphatic heterocycles. The maximum Gasteiger partial charge on any atom is 0.123 e. The first kappa shape index (κ1) is 14.5. The smallest absolute Gasteiger partial charge is 0.123 e. The SMILES string of the molecule is CN(CCOc1ccccc1CN)Cc1ccccn1. The molecule has 1 aromatic heterocycles. The maximum absolute atomic E-state index is 5.79. The monoisotopic (exact) mass is 271 g/mol. The van der Waals surface area contributed by atoms with Gasteiger partial charge in [-0.15, -0.1) is 0 Å². The summed E-state index contributed by atoms with van der Waals surface area (Å²) in [7, 11) is 2.06. The van der Waals surface area contributed by atoms with Crippen molar-refractivity contribution in [2.45, 2.75) is 13.1 Å². The largest absolute Gasteiger partial charge is 0.492 e. The van der Waals surface area contributed by atoms with Crippen molar-refractivity contribution < 1.29 is 4.74 Å². The van der Waals surface area contributed by atoms with Crippen molar-refractivity contribution in [3.63, 3.8) is 0 Å². The topological polar surface area (TPSA) is 51.4 Å². The molecule has 0 amide bonds. The van der Waals surface area contributed by atoms with Crippen LogP contribution in [0.3, 0.4) is 0 Å². The van der Waals surface area contributed by atoms with Crippen molar-refractivity contribution in [2.75, 3.05) is 20.2 Å². The number of hydrogen-bond donors (Lipinski definition) is 1. The zero-order chi connectivity index (χ0) is 14.2. The highest BCUT2D eigenvalue weighted by Gasteiger charge is 2.03. The molecule has 2 rings (SSSR count). The fraction of sp³-hybridized carbons (Fsp3) is 0.312. The van der Waals surface area contributed by atoms with Gasteiger partial charge in [0, 0.05) is 31.4 Å². The minimum absolute atomic E-state index is 0.500. The van der Waals surface area contributed by atoms with Gasteiger partial charge in [-0.2, -0.15) is 0 Å². The van der Waals surface area contributed by atoms with Crippen molar-refractivity contribution in [2.24, 2.45) is 5.73 Å². The van der Waals surface area contributed by atoms with Gasteiger partial charge in [-0.1, -0.05) is 24.3 Å². The lowest BCUT2D eigenvalue weighted by atomic mass is 10.2. The molecule has 20 heavy (non-hydrogen) atoms. The van der Waals surface area contributed by atoms with Gasteiger partial charge in [-0.3, -0.25) is 9.88 Å². The summed E-state index contributed by atoms with van der Waals surface area (Å²) >= 11 is 0. The number of ether oxygens (including phenoxy) is 1. The van der Waals surface area contributed by atoms with Gasteiger partial charge in [-0.25, -0.2) is 0 Å². The Morgan fingerprint density at radius 2 is 1.95 bits per heavy atom. The summed E-state index contributed by atoms with van der Waals surface area (Å²) in [4.78, 5) is 6.50. The normalized spacial score (nSPS) is 10.8. The third-order valence-corrected chi connectivity index (χ3v) is 3.08. The highest BCUT2D eigenvalue weighted by atomic mass is 16.5. The van der Waals surface area contributed by atoms with Gasteiger partial charge in [-0.05, 0) is 25.2 Å². The van der Waals surface area contributed by atoms with E-state index in [1.54, 1.807) is 0 Å². The lowest BCUT2D eigenvalue weighted by Crippen LogP contribution is -2.24. The van der Waals surface area contributed by atoms with Crippen molar-refractivity contribution in [1.29, 1.82) is 0 Å². The Balaban J connectivity index is 1.78. The van der Waals surface area contributed by atoms with E-state index in [0.29, 0.717) is 13.2 Å². The predicted octanol–water partition coefficient (Wildman–Crippen LogP) is 2.05. The van der Waals surface area contributed by atoms with E-state index in [4.69, 9.17) is 10.5 Å². The predicted molar refractivity (Wildman–Crippen MR) is 80.4 cm³/mol. The van der Waals surface area contributed by atoms with E-state index in [1.807, 2.05) is 48.7 Å². The fourth-order valence-electron chi connectivity index (χ4n) is 1.97. The minimum Gasteiger partial charge on any atom is -0.492 e. The second-order valence-corrected chi connectivity index (χ2v) is 4.72. The first-order valence-electron chi connectivity index (χ1n) is 6.79. The second-order valence-electron chi connectivity index (χ2n) is 4.72. The van der Waals surface area contributed by atoms with E-state index in [-0.39, 0.29) is 0 Å². The van der Waals surface area contributed by atoms with E-state index >= 15 is 0 Å². The lowest BCUT2D eigenvalue weighted by Gasteiger charge is -2.17. The summed E-state index contributed by atoms with van der Waals surface area (Å²) < 4.78 is 5.79. The lowest BCUT2D eigenvalue weighted by molar-refractivity contribution is 0.230. The summed E-state index contributed by atoms with van der Waals surface area (Å²) in [5, 5.41) is 0. The summed E-state index contributed by atoms with van der Waals surface area (Å²) in [6.45, 7) is 2.80. The standard InChI is InChI=1S/C16H21N3O/c1-19(13-15-7-4-5-9-18-15)10-11-20-16-8-3-2-6-14(16)12-17/h2-9H,10-13,17H2,1H3. The van der Waals surface area contributed by atoms with Crippen LogP contribution in [0.1, 0.15) is 11.3 Å². The first-order valence-corrected chi connectivity index (χ1v) is 6.79. The number of nitrogens with zero attached hydrogens (tertiary/aromatic N) is 2. The Kier molecular flexibility index (Phi) is 5.53. The molecular formula is C16H21N3O. The number of para-hydroxylation sites is 1. The number of rotatable bonds is 7. The molecule has 0 aliphatic carbocycles. The molecule has 4 nitrogen and oxygen atoms in total. The van der Waals surface area contributed by atoms with Crippen LogP contribution < -0.4 is 10.5 Å². The van der Waals surface area contributed by atoms with Crippen LogP contribution in [0.5, 0.6) is 5.75 Å². The van der Waals surface area contributed by atoms with Crippen LogP contribution in [0, 0.1) is 0 Å². The number of likely N-dealkylation sites (N-methyl/N-ethyl adjacent to an activating group) is 1. The van der Waals surface area contributed by atoms with E-state index in [9.17, 15) is 0 Å². The maximum atomic E-state index is 5.79. The first-order chi connectivity index (χ1) is 9.79. The highest BCUT2D eigenvalue weighted by molar-refractivity contribution is 5.32. The van der Waals surface area contributed by atoms with Crippen LogP contribution >= 0.6 is 0 Å². The average molecular weight is 271 g/mol. The molecule has 2 aromatic rings. The number of nitrogens with two attached hydrogens (primary N) is 1. The molecule has 106 valence electrons. The van der Waals surface area contributed by atoms with Crippen LogP contribution in [0.2, 0.25) is 0 Å². The number of hydrogen-bond acceptors (Lipinski definition) is 4. The molecule has 4 heteroatoms. The van der Waals surface area contributed by atoms with Gasteiger partial charge in [0.2, 0.25) is 0 Å². The number of pyridine rings is 1. The van der Waals surface area contributed by atoms with Gasteiger partial charge in [0.25, 0.3) is 0 Å². The summed E-state index contributed by atoms with van der Waals surface area (Å²) in [6.07, 6.45) is 1.82. The van der Waals surface area contributed by atoms with Crippen LogP contribution in [0.25, 0.3) is 0 Å². The molecule has 1 heterocycles. The molecule has 0 radical (unpaired) electrons. The Labute approximate surface area is 120 Å². The average Bonchev–Trinajstić information content (AvgIpc) is 2.49. The molecule has 0 unspecified atom stereocenters. The van der Waals surface area contributed by atoms with Crippen molar-refractivity contribution in [3.05, 3.63) is 59.9 Å². The second kappa shape index (κ2) is 7.62. The quantitative estimate of drug-likeness (QED) is 0.837. The molecule has 0 aliphatic rings. The van der Waals surface area contributed by atoms with Crippen molar-refractivity contribution in [1.82, 2.24) is 9.88 Å². The number of aromatic nitrogens is 1. The summed E-state index contributed by atoms with van der Waals surface area (Å²) in [5.41, 5.74) is 7.79. The van der Waals surface area contributed by atoms with E-state index < -0.39 is 0 Å². The van der Waals surface area contributed by atoms with Gasteiger partial charge in [0.1, 0.15) is 12.4 Å². The van der Waals surface area contributed by atoms with Crippen molar-refractivity contribution >= 4 is 0 Å². The third-order valence-electron chi connectivity index (χ3n) is 3.08. The van der Waals surface area contributed by atoms with Crippen LogP contribution in [0.4, 0.5) is 0 Å². The Bertz CT molecular complexity index is 516. The molecule has 1 aromatic carbocycles. The van der Waals surface area contributed by atoms with Crippen molar-refractivity contribution in [3.8, 4) is 5.75 Å². The van der Waals surface area contributed by atoms with Crippen LogP contribution in [0.15, 0.2) is 48.7 Å². The molecule has 0 fully saturated rings. The van der Waals surface area contributed by atoms with E-state index in [1.165, 1.54) is 0 Å². The van der Waals surface area contributed by atoms with E-state index in [0.717, 1.165) is 30.1 Å². The van der Waals surface area contributed by atoms with Crippen LogP contribution in [-0.4, -0.2) is 30.1 Å². The molecular weight excluding hydrogens is 250 g/mol. The Morgan fingerprint density at radius 3 is 2.70 bits per heavy atom. The van der Waals surface area contributed by atoms with Gasteiger partial charge < -0.3 is 10.5 Å². The number of benzene rings is 1. The van der Waals surface area contributed by atoms with Crippen LogP contribution in [-0.2, 0) is 13.1 Å². The highest BCUT2D eigenvalue weighted by Crippen LogP contribution is 2.16. The molecule has 0 spiro atoms. The van der Waals surface area contributed by atoms with E-state index in [2.05, 4.69) is 16.9 Å². The summed E-state index contributed by atoms with van der Waals surface area (Å²) in [6, 6.07) is 13.9. The Morgan fingerprint density at radius 1 is 1.15 bits per heavy atom. The molecule has 0 saturated heterocycles. The van der Waals surface area contributed by atoms with Gasteiger partial charge in [0.05, 0.1) is 5.69 Å². The molecule has 0 atom stereocenters. The third kappa shape index (κ3) is 4.33. The summed E-state index contributed by atoms with van der Waals surface area (Å²) in [5.74, 6) is 0.876. The Hall–Kier alpha value is -1.91. The zero-order valence-electron chi connectivity index (χ0n) is 11.8. The minimum atomic E-state index is 0.500.